The Morgan fingerprint density at radius 3 is 2.36 bits per heavy atom. The van der Waals surface area contributed by atoms with E-state index in [4.69, 9.17) is 0 Å². The zero-order valence-corrected chi connectivity index (χ0v) is 14.3. The van der Waals surface area contributed by atoms with Crippen LogP contribution in [0.3, 0.4) is 0 Å². The summed E-state index contributed by atoms with van der Waals surface area (Å²) in [5.41, 5.74) is 2.78. The summed E-state index contributed by atoms with van der Waals surface area (Å²) in [6.07, 6.45) is 3.85. The number of benzene rings is 1. The van der Waals surface area contributed by atoms with Crippen molar-refractivity contribution >= 4 is 5.69 Å². The van der Waals surface area contributed by atoms with Gasteiger partial charge in [-0.2, -0.15) is 0 Å². The van der Waals surface area contributed by atoms with Gasteiger partial charge in [-0.15, -0.1) is 0 Å². The molecule has 22 heavy (non-hydrogen) atoms. The van der Waals surface area contributed by atoms with Gasteiger partial charge in [-0.05, 0) is 58.5 Å². The van der Waals surface area contributed by atoms with E-state index in [1.807, 2.05) is 0 Å². The average Bonchev–Trinajstić information content (AvgIpc) is 2.56. The molecule has 2 heterocycles. The Balaban J connectivity index is 1.69. The lowest BCUT2D eigenvalue weighted by Crippen LogP contribution is -2.71. The molecular formula is C18H30N4. The van der Waals surface area contributed by atoms with Crippen LogP contribution in [0.15, 0.2) is 24.3 Å². The largest absolute Gasteiger partial charge is 0.369 e. The lowest BCUT2D eigenvalue weighted by molar-refractivity contribution is -0.0806. The number of hydrogen-bond acceptors (Lipinski definition) is 4. The lowest BCUT2D eigenvalue weighted by Gasteiger charge is -2.53. The maximum Gasteiger partial charge on any atom is 0.128 e. The van der Waals surface area contributed by atoms with E-state index in [-0.39, 0.29) is 5.79 Å². The van der Waals surface area contributed by atoms with Crippen LogP contribution in [0.5, 0.6) is 0 Å². The van der Waals surface area contributed by atoms with Gasteiger partial charge in [0.05, 0.1) is 0 Å². The van der Waals surface area contributed by atoms with E-state index in [1.54, 1.807) is 0 Å². The van der Waals surface area contributed by atoms with Crippen molar-refractivity contribution in [2.75, 3.05) is 51.7 Å². The van der Waals surface area contributed by atoms with Crippen molar-refractivity contribution in [3.8, 4) is 0 Å². The van der Waals surface area contributed by atoms with Crippen molar-refractivity contribution in [2.24, 2.45) is 0 Å². The molecule has 122 valence electrons. The van der Waals surface area contributed by atoms with E-state index in [9.17, 15) is 0 Å². The Hall–Kier alpha value is -1.10. The summed E-state index contributed by atoms with van der Waals surface area (Å²) in [5, 5.41) is 3.80. The molecule has 0 aromatic heterocycles. The first-order valence-electron chi connectivity index (χ1n) is 8.61. The van der Waals surface area contributed by atoms with Gasteiger partial charge in [0.1, 0.15) is 5.79 Å². The molecule has 3 rings (SSSR count). The third-order valence-electron chi connectivity index (χ3n) is 5.36. The van der Waals surface area contributed by atoms with E-state index in [2.05, 4.69) is 65.3 Å². The molecule has 0 amide bonds. The van der Waals surface area contributed by atoms with Gasteiger partial charge in [0.15, 0.2) is 0 Å². The number of aryl methyl sites for hydroxylation is 1. The Kier molecular flexibility index (Phi) is 4.71. The van der Waals surface area contributed by atoms with E-state index in [1.165, 1.54) is 30.5 Å². The van der Waals surface area contributed by atoms with E-state index < -0.39 is 0 Å². The number of nitrogens with one attached hydrogen (secondary N) is 1. The number of para-hydroxylation sites is 1. The fourth-order valence-corrected chi connectivity index (χ4v) is 4.04. The highest BCUT2D eigenvalue weighted by Gasteiger charge is 2.41. The summed E-state index contributed by atoms with van der Waals surface area (Å²) in [7, 11) is 4.43. The second-order valence-electron chi connectivity index (χ2n) is 6.86. The van der Waals surface area contributed by atoms with Gasteiger partial charge in [0, 0.05) is 31.9 Å². The van der Waals surface area contributed by atoms with Gasteiger partial charge in [0.25, 0.3) is 0 Å². The molecule has 1 N–H and O–H groups in total. The summed E-state index contributed by atoms with van der Waals surface area (Å²) >= 11 is 0. The zero-order chi connectivity index (χ0) is 15.6. The lowest BCUT2D eigenvalue weighted by atomic mass is 10.0. The van der Waals surface area contributed by atoms with Crippen molar-refractivity contribution in [1.82, 2.24) is 15.1 Å². The Morgan fingerprint density at radius 1 is 1.05 bits per heavy atom. The van der Waals surface area contributed by atoms with E-state index in [0.717, 1.165) is 32.7 Å². The van der Waals surface area contributed by atoms with Crippen LogP contribution >= 0.6 is 0 Å². The predicted molar refractivity (Wildman–Crippen MR) is 93.2 cm³/mol. The van der Waals surface area contributed by atoms with Gasteiger partial charge < -0.3 is 4.90 Å². The van der Waals surface area contributed by atoms with Gasteiger partial charge in [-0.1, -0.05) is 18.2 Å². The van der Waals surface area contributed by atoms with Gasteiger partial charge in [0.2, 0.25) is 0 Å². The number of piperidine rings is 1. The van der Waals surface area contributed by atoms with Crippen LogP contribution in [-0.2, 0) is 0 Å². The predicted octanol–water partition coefficient (Wildman–Crippen LogP) is 2.11. The van der Waals surface area contributed by atoms with Gasteiger partial charge in [-0.3, -0.25) is 15.1 Å². The number of rotatable bonds is 3. The monoisotopic (exact) mass is 302 g/mol. The topological polar surface area (TPSA) is 21.8 Å². The fraction of sp³-hybridized carbons (Fsp3) is 0.667. The van der Waals surface area contributed by atoms with Crippen molar-refractivity contribution in [1.29, 1.82) is 0 Å². The zero-order valence-electron chi connectivity index (χ0n) is 14.3. The highest BCUT2D eigenvalue weighted by Crippen LogP contribution is 2.28. The molecule has 0 radical (unpaired) electrons. The molecule has 1 aromatic carbocycles. The summed E-state index contributed by atoms with van der Waals surface area (Å²) < 4.78 is 0. The smallest absolute Gasteiger partial charge is 0.128 e. The number of piperazine rings is 1. The molecule has 0 saturated carbocycles. The van der Waals surface area contributed by atoms with Crippen LogP contribution in [0.2, 0.25) is 0 Å². The summed E-state index contributed by atoms with van der Waals surface area (Å²) in [5.74, 6) is 0.0655. The number of anilines is 1. The molecule has 1 atom stereocenters. The van der Waals surface area contributed by atoms with Crippen LogP contribution in [0.4, 0.5) is 5.69 Å². The molecule has 2 saturated heterocycles. The van der Waals surface area contributed by atoms with Gasteiger partial charge in [-0.25, -0.2) is 0 Å². The Morgan fingerprint density at radius 2 is 1.77 bits per heavy atom. The van der Waals surface area contributed by atoms with Crippen molar-refractivity contribution in [2.45, 2.75) is 32.0 Å². The van der Waals surface area contributed by atoms with Crippen molar-refractivity contribution < 1.29 is 0 Å². The number of hydrogen-bond donors (Lipinski definition) is 1. The third kappa shape index (κ3) is 2.87. The maximum atomic E-state index is 3.80. The van der Waals surface area contributed by atoms with Crippen LogP contribution in [0.25, 0.3) is 0 Å². The first-order valence-corrected chi connectivity index (χ1v) is 8.61. The van der Waals surface area contributed by atoms with Crippen molar-refractivity contribution in [3.05, 3.63) is 29.8 Å². The molecule has 2 aliphatic rings. The Labute approximate surface area is 135 Å². The molecule has 4 nitrogen and oxygen atoms in total. The highest BCUT2D eigenvalue weighted by molar-refractivity contribution is 5.53. The Bertz CT molecular complexity index is 486. The van der Waals surface area contributed by atoms with Crippen LogP contribution in [0, 0.1) is 6.92 Å². The first kappa shape index (κ1) is 15.8. The minimum absolute atomic E-state index is 0.0655. The second kappa shape index (κ2) is 6.57. The normalized spacial score (nSPS) is 27.4. The molecule has 4 heteroatoms. The highest BCUT2D eigenvalue weighted by atomic mass is 15.5. The second-order valence-corrected chi connectivity index (χ2v) is 6.86. The quantitative estimate of drug-likeness (QED) is 0.923. The first-order chi connectivity index (χ1) is 10.6. The molecular weight excluding hydrogens is 272 g/mol. The van der Waals surface area contributed by atoms with Crippen LogP contribution in [0.1, 0.15) is 24.8 Å². The minimum Gasteiger partial charge on any atom is -0.369 e. The molecule has 1 aromatic rings. The molecule has 2 aliphatic heterocycles. The molecule has 0 aliphatic carbocycles. The number of nitrogens with zero attached hydrogens (tertiary/aromatic N) is 3. The van der Waals surface area contributed by atoms with Crippen LogP contribution in [-0.4, -0.2) is 62.4 Å². The minimum atomic E-state index is 0.0655. The van der Waals surface area contributed by atoms with E-state index >= 15 is 0 Å². The standard InChI is InChI=1S/C18H30N4/c1-16-8-4-5-9-17(16)21-12-14-22(15-13-21)18(20(2)3)10-6-7-11-19-18/h4-5,8-9,19H,6-7,10-15H2,1-3H3. The molecule has 1 unspecified atom stereocenters. The molecule has 0 bridgehead atoms. The van der Waals surface area contributed by atoms with Crippen LogP contribution < -0.4 is 10.2 Å². The SMILES string of the molecule is Cc1ccccc1N1CCN(C2(N(C)C)CCCCN2)CC1. The van der Waals surface area contributed by atoms with E-state index in [0.29, 0.717) is 0 Å². The molecule has 0 spiro atoms. The summed E-state index contributed by atoms with van der Waals surface area (Å²) in [4.78, 5) is 7.58. The molecule has 2 fully saturated rings. The summed E-state index contributed by atoms with van der Waals surface area (Å²) in [6.45, 7) is 7.82. The fourth-order valence-electron chi connectivity index (χ4n) is 4.04. The van der Waals surface area contributed by atoms with Gasteiger partial charge >= 0.3 is 0 Å². The maximum absolute atomic E-state index is 3.80. The average molecular weight is 302 g/mol. The third-order valence-corrected chi connectivity index (χ3v) is 5.36. The summed E-state index contributed by atoms with van der Waals surface area (Å²) in [6, 6.07) is 8.75. The van der Waals surface area contributed by atoms with Crippen molar-refractivity contribution in [3.63, 3.8) is 0 Å².